The van der Waals surface area contributed by atoms with Crippen molar-refractivity contribution in [3.63, 3.8) is 0 Å². The fourth-order valence-corrected chi connectivity index (χ4v) is 1.81. The summed E-state index contributed by atoms with van der Waals surface area (Å²) < 4.78 is 14.1. The molecule has 0 amide bonds. The van der Waals surface area contributed by atoms with Gasteiger partial charge in [0.1, 0.15) is 11.0 Å². The van der Waals surface area contributed by atoms with Crippen LogP contribution in [0.15, 0.2) is 41.0 Å². The molecule has 0 aliphatic rings. The molecular formula is C12H6BrClFNO. The number of carbonyl (C=O) groups is 1. The van der Waals surface area contributed by atoms with Crippen LogP contribution in [-0.4, -0.2) is 10.8 Å². The van der Waals surface area contributed by atoms with Crippen LogP contribution in [0.3, 0.4) is 0 Å². The van der Waals surface area contributed by atoms with E-state index in [-0.39, 0.29) is 10.7 Å². The number of hydrogen-bond acceptors (Lipinski definition) is 2. The zero-order chi connectivity index (χ0) is 12.4. The largest absolute Gasteiger partial charge is 0.288 e. The molecule has 2 aromatic rings. The molecular weight excluding hydrogens is 308 g/mol. The van der Waals surface area contributed by atoms with Gasteiger partial charge in [-0.1, -0.05) is 27.5 Å². The number of pyridine rings is 1. The van der Waals surface area contributed by atoms with E-state index in [4.69, 9.17) is 11.6 Å². The maximum absolute atomic E-state index is 13.5. The van der Waals surface area contributed by atoms with E-state index in [2.05, 4.69) is 20.9 Å². The van der Waals surface area contributed by atoms with Crippen LogP contribution in [0.4, 0.5) is 4.39 Å². The fraction of sp³-hybridized carbons (Fsp3) is 0. The third kappa shape index (κ3) is 2.70. The molecule has 0 bridgehead atoms. The minimum atomic E-state index is -0.562. The van der Waals surface area contributed by atoms with Gasteiger partial charge in [0.15, 0.2) is 5.78 Å². The van der Waals surface area contributed by atoms with Crippen LogP contribution in [0.25, 0.3) is 0 Å². The lowest BCUT2D eigenvalue weighted by Crippen LogP contribution is -2.04. The van der Waals surface area contributed by atoms with Crippen molar-refractivity contribution in [2.24, 2.45) is 0 Å². The summed E-state index contributed by atoms with van der Waals surface area (Å²) in [6.07, 6.45) is 1.32. The van der Waals surface area contributed by atoms with Gasteiger partial charge in [0.2, 0.25) is 0 Å². The topological polar surface area (TPSA) is 30.0 Å². The number of hydrogen-bond donors (Lipinski definition) is 0. The summed E-state index contributed by atoms with van der Waals surface area (Å²) in [6, 6.07) is 7.21. The molecule has 5 heteroatoms. The zero-order valence-electron chi connectivity index (χ0n) is 8.45. The zero-order valence-corrected chi connectivity index (χ0v) is 10.8. The standard InChI is InChI=1S/C12H6BrClFNO/c13-8-2-3-10(15)9(5-8)12(17)7-1-4-11(14)16-6-7/h1-6H. The van der Waals surface area contributed by atoms with Gasteiger partial charge in [-0.2, -0.15) is 0 Å². The van der Waals surface area contributed by atoms with Crippen LogP contribution >= 0.6 is 27.5 Å². The molecule has 1 aromatic heterocycles. The lowest BCUT2D eigenvalue weighted by atomic mass is 10.0. The second-order valence-corrected chi connectivity index (χ2v) is 4.63. The molecule has 1 heterocycles. The van der Waals surface area contributed by atoms with E-state index in [1.807, 2.05) is 0 Å². The van der Waals surface area contributed by atoms with Crippen LogP contribution in [0, 0.1) is 5.82 Å². The van der Waals surface area contributed by atoms with Gasteiger partial charge in [0.05, 0.1) is 5.56 Å². The Morgan fingerprint density at radius 2 is 2.06 bits per heavy atom. The summed E-state index contributed by atoms with van der Waals surface area (Å²) in [5, 5.41) is 0.288. The fourth-order valence-electron chi connectivity index (χ4n) is 1.34. The first-order valence-corrected chi connectivity index (χ1v) is 5.86. The molecule has 0 N–H and O–H groups in total. The van der Waals surface area contributed by atoms with Gasteiger partial charge in [-0.3, -0.25) is 4.79 Å². The molecule has 0 saturated heterocycles. The minimum absolute atomic E-state index is 0.00324. The minimum Gasteiger partial charge on any atom is -0.288 e. The predicted octanol–water partition coefficient (Wildman–Crippen LogP) is 3.87. The molecule has 0 fully saturated rings. The smallest absolute Gasteiger partial charge is 0.197 e. The van der Waals surface area contributed by atoms with Gasteiger partial charge in [0.25, 0.3) is 0 Å². The Balaban J connectivity index is 2.43. The molecule has 86 valence electrons. The molecule has 0 aliphatic heterocycles. The molecule has 17 heavy (non-hydrogen) atoms. The second kappa shape index (κ2) is 4.94. The Bertz CT molecular complexity index is 571. The Kier molecular flexibility index (Phi) is 3.54. The molecule has 2 nitrogen and oxygen atoms in total. The van der Waals surface area contributed by atoms with Crippen LogP contribution in [0.2, 0.25) is 5.15 Å². The van der Waals surface area contributed by atoms with Crippen LogP contribution in [-0.2, 0) is 0 Å². The first-order chi connectivity index (χ1) is 8.08. The Morgan fingerprint density at radius 1 is 1.29 bits per heavy atom. The Morgan fingerprint density at radius 3 is 2.71 bits per heavy atom. The summed E-state index contributed by atoms with van der Waals surface area (Å²) in [7, 11) is 0. The highest BCUT2D eigenvalue weighted by molar-refractivity contribution is 9.10. The maximum atomic E-state index is 13.5. The molecule has 0 radical (unpaired) electrons. The van der Waals surface area contributed by atoms with Crippen molar-refractivity contribution < 1.29 is 9.18 Å². The predicted molar refractivity (Wildman–Crippen MR) is 66.8 cm³/mol. The average molecular weight is 315 g/mol. The number of benzene rings is 1. The Labute approximate surface area is 111 Å². The van der Waals surface area contributed by atoms with E-state index in [1.165, 1.54) is 36.5 Å². The van der Waals surface area contributed by atoms with Gasteiger partial charge in [-0.15, -0.1) is 0 Å². The third-order valence-corrected chi connectivity index (χ3v) is 2.88. The van der Waals surface area contributed by atoms with Crippen molar-refractivity contribution in [3.05, 3.63) is 63.1 Å². The maximum Gasteiger partial charge on any atom is 0.197 e. The number of aromatic nitrogens is 1. The van der Waals surface area contributed by atoms with E-state index in [0.29, 0.717) is 10.0 Å². The quantitative estimate of drug-likeness (QED) is 0.622. The number of halogens is 3. The van der Waals surface area contributed by atoms with E-state index in [9.17, 15) is 9.18 Å². The van der Waals surface area contributed by atoms with Crippen molar-refractivity contribution in [1.82, 2.24) is 4.98 Å². The van der Waals surface area contributed by atoms with Crippen molar-refractivity contribution in [2.45, 2.75) is 0 Å². The molecule has 0 unspecified atom stereocenters. The van der Waals surface area contributed by atoms with Gasteiger partial charge < -0.3 is 0 Å². The van der Waals surface area contributed by atoms with Crippen molar-refractivity contribution in [1.29, 1.82) is 0 Å². The summed E-state index contributed by atoms with van der Waals surface area (Å²) in [5.41, 5.74) is 0.301. The number of ketones is 1. The molecule has 0 atom stereocenters. The van der Waals surface area contributed by atoms with Crippen molar-refractivity contribution in [2.75, 3.05) is 0 Å². The van der Waals surface area contributed by atoms with Gasteiger partial charge in [0, 0.05) is 16.2 Å². The normalized spacial score (nSPS) is 10.3. The molecule has 2 rings (SSSR count). The number of nitrogens with zero attached hydrogens (tertiary/aromatic N) is 1. The highest BCUT2D eigenvalue weighted by Gasteiger charge is 2.14. The molecule has 0 aliphatic carbocycles. The van der Waals surface area contributed by atoms with E-state index >= 15 is 0 Å². The number of carbonyl (C=O) groups excluding carboxylic acids is 1. The van der Waals surface area contributed by atoms with Crippen molar-refractivity contribution >= 4 is 33.3 Å². The lowest BCUT2D eigenvalue weighted by Gasteiger charge is -2.03. The molecule has 1 aromatic carbocycles. The summed E-state index contributed by atoms with van der Waals surface area (Å²) in [6.45, 7) is 0. The summed E-state index contributed by atoms with van der Waals surface area (Å²) >= 11 is 8.81. The summed E-state index contributed by atoms with van der Waals surface area (Å²) in [5.74, 6) is -0.985. The van der Waals surface area contributed by atoms with Gasteiger partial charge in [-0.25, -0.2) is 9.37 Å². The second-order valence-electron chi connectivity index (χ2n) is 3.32. The van der Waals surface area contributed by atoms with Crippen LogP contribution in [0.5, 0.6) is 0 Å². The molecule has 0 spiro atoms. The van der Waals surface area contributed by atoms with Crippen LogP contribution in [0.1, 0.15) is 15.9 Å². The van der Waals surface area contributed by atoms with E-state index < -0.39 is 11.6 Å². The summed E-state index contributed by atoms with van der Waals surface area (Å²) in [4.78, 5) is 15.8. The highest BCUT2D eigenvalue weighted by atomic mass is 79.9. The van der Waals surface area contributed by atoms with E-state index in [0.717, 1.165) is 0 Å². The van der Waals surface area contributed by atoms with Gasteiger partial charge >= 0.3 is 0 Å². The lowest BCUT2D eigenvalue weighted by molar-refractivity contribution is 0.103. The van der Waals surface area contributed by atoms with E-state index in [1.54, 1.807) is 0 Å². The van der Waals surface area contributed by atoms with Crippen LogP contribution < -0.4 is 0 Å². The SMILES string of the molecule is O=C(c1ccc(Cl)nc1)c1cc(Br)ccc1F. The first-order valence-electron chi connectivity index (χ1n) is 4.69. The average Bonchev–Trinajstić information content (AvgIpc) is 2.32. The monoisotopic (exact) mass is 313 g/mol. The third-order valence-electron chi connectivity index (χ3n) is 2.16. The first kappa shape index (κ1) is 12.2. The molecule has 0 saturated carbocycles. The highest BCUT2D eigenvalue weighted by Crippen LogP contribution is 2.19. The van der Waals surface area contributed by atoms with Gasteiger partial charge in [-0.05, 0) is 30.3 Å². The Hall–Kier alpha value is -1.26. The van der Waals surface area contributed by atoms with Crippen molar-refractivity contribution in [3.8, 4) is 0 Å². The number of rotatable bonds is 2.